The van der Waals surface area contributed by atoms with Crippen molar-refractivity contribution in [3.63, 3.8) is 0 Å². The first-order valence-electron chi connectivity index (χ1n) is 3.85. The smallest absolute Gasteiger partial charge is 0.344 e. The molecular formula is C9H11NO3. The van der Waals surface area contributed by atoms with Crippen molar-refractivity contribution in [3.8, 4) is 5.75 Å². The van der Waals surface area contributed by atoms with Crippen molar-refractivity contribution in [1.82, 2.24) is 0 Å². The van der Waals surface area contributed by atoms with Crippen molar-refractivity contribution >= 4 is 11.7 Å². The maximum absolute atomic E-state index is 10.4. The van der Waals surface area contributed by atoms with Crippen LogP contribution in [-0.2, 0) is 4.79 Å². The van der Waals surface area contributed by atoms with Crippen LogP contribution in [0.5, 0.6) is 5.75 Å². The first kappa shape index (κ1) is 9.38. The molecule has 4 nitrogen and oxygen atoms in total. The fourth-order valence-corrected chi connectivity index (χ4v) is 0.829. The van der Waals surface area contributed by atoms with Crippen molar-refractivity contribution in [1.29, 1.82) is 0 Å². The summed E-state index contributed by atoms with van der Waals surface area (Å²) in [5.74, 6) is -0.611. The quantitative estimate of drug-likeness (QED) is 0.685. The summed E-state index contributed by atoms with van der Waals surface area (Å²) in [6.07, 6.45) is -0.885. The second kappa shape index (κ2) is 3.80. The van der Waals surface area contributed by atoms with Gasteiger partial charge in [0.05, 0.1) is 5.69 Å². The standard InChI is InChI=1S/C9H11NO3/c1-6(9(11)12)13-8-5-3-2-4-7(8)10/h2-6H,10H2,1H3,(H,11,12)/t6-/m1/s1. The maximum Gasteiger partial charge on any atom is 0.344 e. The molecule has 0 aliphatic carbocycles. The van der Waals surface area contributed by atoms with E-state index in [2.05, 4.69) is 0 Å². The monoisotopic (exact) mass is 181 g/mol. The lowest BCUT2D eigenvalue weighted by atomic mass is 10.3. The molecule has 0 bridgehead atoms. The predicted molar refractivity (Wildman–Crippen MR) is 48.6 cm³/mol. The fraction of sp³-hybridized carbons (Fsp3) is 0.222. The summed E-state index contributed by atoms with van der Waals surface area (Å²) >= 11 is 0. The van der Waals surface area contributed by atoms with Crippen molar-refractivity contribution < 1.29 is 14.6 Å². The number of carbonyl (C=O) groups is 1. The Morgan fingerprint density at radius 1 is 1.54 bits per heavy atom. The number of nitrogens with two attached hydrogens (primary N) is 1. The average Bonchev–Trinajstić information content (AvgIpc) is 2.08. The van der Waals surface area contributed by atoms with Crippen LogP contribution < -0.4 is 10.5 Å². The first-order valence-corrected chi connectivity index (χ1v) is 3.85. The molecule has 4 heteroatoms. The number of anilines is 1. The first-order chi connectivity index (χ1) is 6.11. The molecule has 0 saturated carbocycles. The second-order valence-corrected chi connectivity index (χ2v) is 2.64. The highest BCUT2D eigenvalue weighted by Crippen LogP contribution is 2.20. The van der Waals surface area contributed by atoms with E-state index >= 15 is 0 Å². The van der Waals surface area contributed by atoms with Gasteiger partial charge in [-0.1, -0.05) is 12.1 Å². The van der Waals surface area contributed by atoms with E-state index in [1.807, 2.05) is 0 Å². The van der Waals surface area contributed by atoms with Crippen LogP contribution in [0.15, 0.2) is 24.3 Å². The minimum atomic E-state index is -1.01. The van der Waals surface area contributed by atoms with Crippen molar-refractivity contribution in [2.24, 2.45) is 0 Å². The van der Waals surface area contributed by atoms with Gasteiger partial charge in [0.1, 0.15) is 5.75 Å². The topological polar surface area (TPSA) is 72.5 Å². The molecule has 0 aliphatic heterocycles. The number of hydrogen-bond acceptors (Lipinski definition) is 3. The van der Waals surface area contributed by atoms with Crippen LogP contribution in [0.2, 0.25) is 0 Å². The highest BCUT2D eigenvalue weighted by atomic mass is 16.5. The van der Waals surface area contributed by atoms with E-state index in [4.69, 9.17) is 15.6 Å². The lowest BCUT2D eigenvalue weighted by Gasteiger charge is -2.11. The number of aliphatic carboxylic acids is 1. The van der Waals surface area contributed by atoms with Crippen LogP contribution in [-0.4, -0.2) is 17.2 Å². The Morgan fingerprint density at radius 2 is 2.15 bits per heavy atom. The molecule has 13 heavy (non-hydrogen) atoms. The molecule has 0 amide bonds. The van der Waals surface area contributed by atoms with E-state index in [1.54, 1.807) is 24.3 Å². The van der Waals surface area contributed by atoms with Gasteiger partial charge in [-0.2, -0.15) is 0 Å². The van der Waals surface area contributed by atoms with E-state index in [0.29, 0.717) is 11.4 Å². The lowest BCUT2D eigenvalue weighted by Crippen LogP contribution is -2.23. The van der Waals surface area contributed by atoms with Crippen LogP contribution in [0.4, 0.5) is 5.69 Å². The molecule has 0 saturated heterocycles. The predicted octanol–water partition coefficient (Wildman–Crippen LogP) is 1.12. The van der Waals surface area contributed by atoms with Gasteiger partial charge in [0, 0.05) is 0 Å². The minimum absolute atomic E-state index is 0.400. The molecule has 0 unspecified atom stereocenters. The zero-order chi connectivity index (χ0) is 9.84. The lowest BCUT2D eigenvalue weighted by molar-refractivity contribution is -0.144. The Morgan fingerprint density at radius 3 is 2.69 bits per heavy atom. The third kappa shape index (κ3) is 2.37. The molecule has 1 aromatic carbocycles. The highest BCUT2D eigenvalue weighted by Gasteiger charge is 2.13. The van der Waals surface area contributed by atoms with E-state index in [-0.39, 0.29) is 0 Å². The number of para-hydroxylation sites is 2. The van der Waals surface area contributed by atoms with Gasteiger partial charge in [-0.3, -0.25) is 0 Å². The number of ether oxygens (including phenoxy) is 1. The minimum Gasteiger partial charge on any atom is -0.479 e. The molecular weight excluding hydrogens is 170 g/mol. The van der Waals surface area contributed by atoms with Crippen molar-refractivity contribution in [2.45, 2.75) is 13.0 Å². The van der Waals surface area contributed by atoms with Gasteiger partial charge in [-0.25, -0.2) is 4.79 Å². The second-order valence-electron chi connectivity index (χ2n) is 2.64. The third-order valence-electron chi connectivity index (χ3n) is 1.57. The third-order valence-corrected chi connectivity index (χ3v) is 1.57. The summed E-state index contributed by atoms with van der Waals surface area (Å²) in [7, 11) is 0. The summed E-state index contributed by atoms with van der Waals surface area (Å²) in [6.45, 7) is 1.45. The summed E-state index contributed by atoms with van der Waals surface area (Å²) in [6, 6.07) is 6.78. The van der Waals surface area contributed by atoms with Gasteiger partial charge in [0.25, 0.3) is 0 Å². The van der Waals surface area contributed by atoms with Crippen molar-refractivity contribution in [2.75, 3.05) is 5.73 Å². The molecule has 1 aromatic rings. The summed E-state index contributed by atoms with van der Waals surface area (Å²) in [5.41, 5.74) is 5.99. The van der Waals surface area contributed by atoms with Gasteiger partial charge in [0.2, 0.25) is 0 Å². The number of hydrogen-bond donors (Lipinski definition) is 2. The molecule has 70 valence electrons. The zero-order valence-corrected chi connectivity index (χ0v) is 7.23. The molecule has 0 aliphatic rings. The molecule has 3 N–H and O–H groups in total. The van der Waals surface area contributed by atoms with Crippen LogP contribution in [0.3, 0.4) is 0 Å². The normalized spacial score (nSPS) is 12.1. The van der Waals surface area contributed by atoms with Gasteiger partial charge >= 0.3 is 5.97 Å². The molecule has 1 atom stereocenters. The van der Waals surface area contributed by atoms with Crippen LogP contribution in [0, 0.1) is 0 Å². The fourth-order valence-electron chi connectivity index (χ4n) is 0.829. The van der Waals surface area contributed by atoms with Crippen LogP contribution in [0.1, 0.15) is 6.92 Å². The van der Waals surface area contributed by atoms with E-state index in [1.165, 1.54) is 6.92 Å². The Labute approximate surface area is 75.9 Å². The van der Waals surface area contributed by atoms with Gasteiger partial charge in [-0.05, 0) is 19.1 Å². The number of nitrogen functional groups attached to an aromatic ring is 1. The number of carboxylic acids is 1. The largest absolute Gasteiger partial charge is 0.479 e. The molecule has 0 heterocycles. The maximum atomic E-state index is 10.4. The Balaban J connectivity index is 2.74. The van der Waals surface area contributed by atoms with Gasteiger partial charge in [-0.15, -0.1) is 0 Å². The molecule has 0 radical (unpaired) electrons. The van der Waals surface area contributed by atoms with Crippen molar-refractivity contribution in [3.05, 3.63) is 24.3 Å². The number of carboxylic acid groups (broad SMARTS) is 1. The molecule has 1 rings (SSSR count). The number of benzene rings is 1. The molecule has 0 aromatic heterocycles. The SMILES string of the molecule is C[C@@H](Oc1ccccc1N)C(=O)O. The Hall–Kier alpha value is -1.71. The summed E-state index contributed by atoms with van der Waals surface area (Å²) in [5, 5.41) is 8.57. The summed E-state index contributed by atoms with van der Waals surface area (Å²) < 4.78 is 5.08. The molecule has 0 spiro atoms. The Kier molecular flexibility index (Phi) is 2.74. The van der Waals surface area contributed by atoms with Gasteiger partial charge < -0.3 is 15.6 Å². The zero-order valence-electron chi connectivity index (χ0n) is 7.23. The molecule has 0 fully saturated rings. The number of rotatable bonds is 3. The van der Waals surface area contributed by atoms with Crippen LogP contribution in [0.25, 0.3) is 0 Å². The highest BCUT2D eigenvalue weighted by molar-refractivity contribution is 5.72. The van der Waals surface area contributed by atoms with Gasteiger partial charge in [0.15, 0.2) is 6.10 Å². The Bertz CT molecular complexity index is 311. The van der Waals surface area contributed by atoms with Crippen LogP contribution >= 0.6 is 0 Å². The van der Waals surface area contributed by atoms with E-state index in [0.717, 1.165) is 0 Å². The van der Waals surface area contributed by atoms with E-state index < -0.39 is 12.1 Å². The van der Waals surface area contributed by atoms with E-state index in [9.17, 15) is 4.79 Å². The average molecular weight is 181 g/mol. The summed E-state index contributed by atoms with van der Waals surface area (Å²) in [4.78, 5) is 10.4.